The first-order valence-corrected chi connectivity index (χ1v) is 9.98. The predicted molar refractivity (Wildman–Crippen MR) is 114 cm³/mol. The minimum absolute atomic E-state index is 0.255. The fourth-order valence-electron chi connectivity index (χ4n) is 3.49. The van der Waals surface area contributed by atoms with E-state index in [4.69, 9.17) is 9.47 Å². The quantitative estimate of drug-likeness (QED) is 0.354. The molecule has 0 amide bonds. The number of nitrogens with one attached hydrogen (secondary N) is 1. The number of aromatic nitrogens is 2. The molecular formula is C21H21N3O4S. The number of hydrogen-bond donors (Lipinski definition) is 2. The Morgan fingerprint density at radius 2 is 2.00 bits per heavy atom. The van der Waals surface area contributed by atoms with Crippen LogP contribution in [0.4, 0.5) is 11.4 Å². The number of benzene rings is 2. The normalized spacial score (nSPS) is 11.2. The molecule has 29 heavy (non-hydrogen) atoms. The average Bonchev–Trinajstić information content (AvgIpc) is 3.25. The Morgan fingerprint density at radius 3 is 2.66 bits per heavy atom. The van der Waals surface area contributed by atoms with Gasteiger partial charge in [-0.15, -0.1) is 11.3 Å². The van der Waals surface area contributed by atoms with Gasteiger partial charge in [-0.1, -0.05) is 0 Å². The molecule has 8 heteroatoms. The van der Waals surface area contributed by atoms with E-state index in [2.05, 4.69) is 10.3 Å². The maximum atomic E-state index is 12.5. The highest BCUT2D eigenvalue weighted by molar-refractivity contribution is 7.19. The largest absolute Gasteiger partial charge is 0.497 e. The number of ether oxygens (including phenoxy) is 2. The second kappa shape index (κ2) is 7.29. The van der Waals surface area contributed by atoms with E-state index in [0.717, 1.165) is 37.1 Å². The molecule has 2 aromatic carbocycles. The number of aryl methyl sites for hydroxylation is 2. The first-order valence-electron chi connectivity index (χ1n) is 9.16. The third kappa shape index (κ3) is 3.15. The topological polar surface area (TPSA) is 85.6 Å². The molecule has 2 aromatic heterocycles. The Morgan fingerprint density at radius 1 is 1.28 bits per heavy atom. The number of carbonyl (C=O) groups is 1. The van der Waals surface area contributed by atoms with Crippen LogP contribution in [0, 0.1) is 13.8 Å². The summed E-state index contributed by atoms with van der Waals surface area (Å²) >= 11 is 1.53. The molecule has 150 valence electrons. The zero-order valence-corrected chi connectivity index (χ0v) is 17.4. The summed E-state index contributed by atoms with van der Waals surface area (Å²) in [7, 11) is 1.63. The van der Waals surface area contributed by atoms with E-state index in [1.54, 1.807) is 14.0 Å². The molecule has 0 fully saturated rings. The molecule has 0 unspecified atom stereocenters. The highest BCUT2D eigenvalue weighted by atomic mass is 32.1. The van der Waals surface area contributed by atoms with Crippen LogP contribution in [0.25, 0.3) is 21.1 Å². The highest BCUT2D eigenvalue weighted by Crippen LogP contribution is 2.42. The molecule has 4 aromatic rings. The van der Waals surface area contributed by atoms with Crippen molar-refractivity contribution in [1.82, 2.24) is 9.71 Å². The molecule has 0 aliphatic carbocycles. The van der Waals surface area contributed by atoms with E-state index in [1.807, 2.05) is 38.1 Å². The third-order valence-electron chi connectivity index (χ3n) is 4.78. The molecule has 2 heterocycles. The summed E-state index contributed by atoms with van der Waals surface area (Å²) in [5.74, 6) is 0.290. The molecule has 2 N–H and O–H groups in total. The smallest absolute Gasteiger partial charge is 0.340 e. The molecule has 0 aliphatic rings. The van der Waals surface area contributed by atoms with Gasteiger partial charge in [-0.3, -0.25) is 0 Å². The lowest BCUT2D eigenvalue weighted by atomic mass is 10.0. The summed E-state index contributed by atoms with van der Waals surface area (Å²) in [5, 5.41) is 15.5. The van der Waals surface area contributed by atoms with Gasteiger partial charge in [-0.2, -0.15) is 4.73 Å². The summed E-state index contributed by atoms with van der Waals surface area (Å²) in [4.78, 5) is 17.1. The molecular weight excluding hydrogens is 390 g/mol. The van der Waals surface area contributed by atoms with Crippen LogP contribution in [-0.2, 0) is 4.74 Å². The van der Waals surface area contributed by atoms with Crippen LogP contribution in [0.2, 0.25) is 0 Å². The zero-order chi connectivity index (χ0) is 20.7. The lowest BCUT2D eigenvalue weighted by Crippen LogP contribution is -2.04. The number of methoxy groups -OCH3 is 1. The van der Waals surface area contributed by atoms with E-state index in [0.29, 0.717) is 22.0 Å². The van der Waals surface area contributed by atoms with Gasteiger partial charge >= 0.3 is 5.97 Å². The number of carbonyl (C=O) groups excluding carboxylic acids is 1. The van der Waals surface area contributed by atoms with Crippen molar-refractivity contribution in [2.45, 2.75) is 20.8 Å². The summed E-state index contributed by atoms with van der Waals surface area (Å²) in [5.41, 5.74) is 4.02. The van der Waals surface area contributed by atoms with Crippen molar-refractivity contribution >= 4 is 49.8 Å². The van der Waals surface area contributed by atoms with Crippen LogP contribution < -0.4 is 10.1 Å². The monoisotopic (exact) mass is 411 g/mol. The first-order chi connectivity index (χ1) is 13.9. The van der Waals surface area contributed by atoms with Crippen molar-refractivity contribution in [3.8, 4) is 5.75 Å². The van der Waals surface area contributed by atoms with Crippen molar-refractivity contribution in [3.63, 3.8) is 0 Å². The van der Waals surface area contributed by atoms with Crippen LogP contribution in [0.3, 0.4) is 0 Å². The van der Waals surface area contributed by atoms with Crippen LogP contribution in [0.5, 0.6) is 5.75 Å². The highest BCUT2D eigenvalue weighted by Gasteiger charge is 2.25. The Labute approximate surface area is 171 Å². The van der Waals surface area contributed by atoms with Gasteiger partial charge in [0.05, 0.1) is 40.9 Å². The standard InChI is InChI=1S/C21H21N3O4S/c1-5-28-21(25)15-10-24(26)19-16(15)11(2)17(20-18(19)22-12(3)29-20)23-13-6-8-14(27-4)9-7-13/h6-10,23,26H,5H2,1-4H3. The Kier molecular flexibility index (Phi) is 4.79. The maximum Gasteiger partial charge on any atom is 0.340 e. The van der Waals surface area contributed by atoms with Crippen molar-refractivity contribution in [3.05, 3.63) is 46.6 Å². The summed E-state index contributed by atoms with van der Waals surface area (Å²) in [6.07, 6.45) is 1.39. The van der Waals surface area contributed by atoms with E-state index in [9.17, 15) is 10.0 Å². The van der Waals surface area contributed by atoms with Gasteiger partial charge in [0.25, 0.3) is 0 Å². The molecule has 0 bridgehead atoms. The van der Waals surface area contributed by atoms with Gasteiger partial charge in [0.15, 0.2) is 0 Å². The predicted octanol–water partition coefficient (Wildman–Crippen LogP) is 5.03. The minimum Gasteiger partial charge on any atom is -0.497 e. The van der Waals surface area contributed by atoms with Gasteiger partial charge in [0.2, 0.25) is 0 Å². The van der Waals surface area contributed by atoms with E-state index >= 15 is 0 Å². The molecule has 0 saturated heterocycles. The minimum atomic E-state index is -0.477. The zero-order valence-electron chi connectivity index (χ0n) is 16.6. The maximum absolute atomic E-state index is 12.5. The van der Waals surface area contributed by atoms with E-state index < -0.39 is 5.97 Å². The fourth-order valence-corrected chi connectivity index (χ4v) is 4.46. The van der Waals surface area contributed by atoms with Crippen molar-refractivity contribution in [1.29, 1.82) is 0 Å². The van der Waals surface area contributed by atoms with Gasteiger partial charge in [0.1, 0.15) is 16.8 Å². The number of hydrogen-bond acceptors (Lipinski definition) is 7. The van der Waals surface area contributed by atoms with Gasteiger partial charge in [0, 0.05) is 11.1 Å². The number of thiazole rings is 1. The molecule has 0 aliphatic heterocycles. The second-order valence-corrected chi connectivity index (χ2v) is 7.80. The Balaban J connectivity index is 1.97. The average molecular weight is 411 g/mol. The molecule has 4 rings (SSSR count). The Hall–Kier alpha value is -3.26. The second-order valence-electron chi connectivity index (χ2n) is 6.60. The van der Waals surface area contributed by atoms with Crippen molar-refractivity contribution in [2.24, 2.45) is 0 Å². The first kappa shape index (κ1) is 19.1. The van der Waals surface area contributed by atoms with E-state index in [1.165, 1.54) is 17.5 Å². The lowest BCUT2D eigenvalue weighted by molar-refractivity contribution is 0.0526. The summed E-state index contributed by atoms with van der Waals surface area (Å²) < 4.78 is 12.3. The SMILES string of the molecule is CCOC(=O)c1cn(O)c2c1c(C)c(Nc1ccc(OC)cc1)c1sc(C)nc12. The number of nitrogens with zero attached hydrogens (tertiary/aromatic N) is 2. The summed E-state index contributed by atoms with van der Waals surface area (Å²) in [6.45, 7) is 5.85. The third-order valence-corrected chi connectivity index (χ3v) is 5.77. The lowest BCUT2D eigenvalue weighted by Gasteiger charge is -2.13. The molecule has 0 spiro atoms. The van der Waals surface area contributed by atoms with Gasteiger partial charge in [-0.25, -0.2) is 9.78 Å². The fraction of sp³-hybridized carbons (Fsp3) is 0.238. The van der Waals surface area contributed by atoms with Crippen LogP contribution in [0.1, 0.15) is 27.9 Å². The van der Waals surface area contributed by atoms with Crippen molar-refractivity contribution in [2.75, 3.05) is 19.0 Å². The number of anilines is 2. The van der Waals surface area contributed by atoms with Gasteiger partial charge in [-0.05, 0) is 50.6 Å². The molecule has 0 saturated carbocycles. The number of fused-ring (bicyclic) bond motifs is 3. The van der Waals surface area contributed by atoms with E-state index in [-0.39, 0.29) is 6.61 Å². The molecule has 0 radical (unpaired) electrons. The van der Waals surface area contributed by atoms with Gasteiger partial charge < -0.3 is 20.0 Å². The van der Waals surface area contributed by atoms with Crippen molar-refractivity contribution < 1.29 is 19.5 Å². The van der Waals surface area contributed by atoms with Crippen LogP contribution >= 0.6 is 11.3 Å². The van der Waals surface area contributed by atoms with Crippen LogP contribution in [0.15, 0.2) is 30.5 Å². The number of esters is 1. The molecule has 0 atom stereocenters. The van der Waals surface area contributed by atoms with Crippen LogP contribution in [-0.4, -0.2) is 34.6 Å². The molecule has 7 nitrogen and oxygen atoms in total. The number of rotatable bonds is 5. The Bertz CT molecular complexity index is 1220. The summed E-state index contributed by atoms with van der Waals surface area (Å²) in [6, 6.07) is 7.59.